The molecule has 1 aliphatic heterocycles. The van der Waals surface area contributed by atoms with Crippen molar-refractivity contribution in [2.45, 2.75) is 72.0 Å². The van der Waals surface area contributed by atoms with E-state index in [0.717, 1.165) is 0 Å². The molecule has 0 unspecified atom stereocenters. The van der Waals surface area contributed by atoms with Gasteiger partial charge in [-0.05, 0) is 33.1 Å². The summed E-state index contributed by atoms with van der Waals surface area (Å²) >= 11 is 0. The highest BCUT2D eigenvalue weighted by Crippen LogP contribution is 2.85. The van der Waals surface area contributed by atoms with Gasteiger partial charge in [0, 0.05) is 19.4 Å². The molecule has 20 heavy (non-hydrogen) atoms. The lowest BCUT2D eigenvalue weighted by atomic mass is 9.67. The van der Waals surface area contributed by atoms with E-state index in [9.17, 15) is 10.1 Å². The van der Waals surface area contributed by atoms with Crippen molar-refractivity contribution in [2.24, 2.45) is 10.8 Å². The maximum absolute atomic E-state index is 12.1. The molecule has 2 fully saturated rings. The van der Waals surface area contributed by atoms with Gasteiger partial charge in [-0.25, -0.2) is 0 Å². The van der Waals surface area contributed by atoms with E-state index in [1.54, 1.807) is 6.92 Å². The summed E-state index contributed by atoms with van der Waals surface area (Å²) in [4.78, 5) is 15.8. The molecule has 0 aromatic carbocycles. The monoisotopic (exact) mass is 277 g/mol. The van der Waals surface area contributed by atoms with Gasteiger partial charge in [0.15, 0.2) is 6.19 Å². The fraction of sp³-hybridized carbons (Fsp3) is 0.875. The van der Waals surface area contributed by atoms with Crippen molar-refractivity contribution < 1.29 is 4.79 Å². The summed E-state index contributed by atoms with van der Waals surface area (Å²) in [5, 5.41) is 9.74. The number of hydrogen-bond acceptors (Lipinski definition) is 3. The quantitative estimate of drug-likeness (QED) is 0.692. The lowest BCUT2D eigenvalue weighted by Crippen LogP contribution is -2.67. The molecular weight excluding hydrogens is 250 g/mol. The molecule has 0 spiro atoms. The second-order valence-electron chi connectivity index (χ2n) is 7.97. The number of rotatable bonds is 1. The van der Waals surface area contributed by atoms with Crippen LogP contribution in [-0.2, 0) is 4.79 Å². The molecule has 0 bridgehead atoms. The summed E-state index contributed by atoms with van der Waals surface area (Å²) in [6.07, 6.45) is 2.41. The number of fused-ring (bicyclic) bond motifs is 1. The van der Waals surface area contributed by atoms with Crippen LogP contribution in [0.1, 0.15) is 55.4 Å². The minimum absolute atomic E-state index is 0.0241. The molecule has 4 heteroatoms. The normalized spacial score (nSPS) is 43.7. The van der Waals surface area contributed by atoms with E-state index >= 15 is 0 Å². The first-order chi connectivity index (χ1) is 8.80. The maximum Gasteiger partial charge on any atom is 0.219 e. The molecule has 1 aliphatic carbocycles. The van der Waals surface area contributed by atoms with Crippen LogP contribution in [0.25, 0.3) is 0 Å². The van der Waals surface area contributed by atoms with Gasteiger partial charge in [-0.2, -0.15) is 5.26 Å². The van der Waals surface area contributed by atoms with Crippen LogP contribution in [0.5, 0.6) is 0 Å². The van der Waals surface area contributed by atoms with Crippen molar-refractivity contribution >= 4 is 5.91 Å². The molecule has 0 aromatic rings. The van der Waals surface area contributed by atoms with Crippen LogP contribution >= 0.6 is 0 Å². The first-order valence-electron chi connectivity index (χ1n) is 7.24. The molecule has 112 valence electrons. The van der Waals surface area contributed by atoms with E-state index in [1.165, 1.54) is 0 Å². The van der Waals surface area contributed by atoms with E-state index in [-0.39, 0.29) is 22.3 Å². The van der Waals surface area contributed by atoms with Crippen LogP contribution in [-0.4, -0.2) is 39.4 Å². The average Bonchev–Trinajstić information content (AvgIpc) is 2.62. The van der Waals surface area contributed by atoms with Gasteiger partial charge in [0.2, 0.25) is 5.91 Å². The van der Waals surface area contributed by atoms with Gasteiger partial charge >= 0.3 is 0 Å². The maximum atomic E-state index is 12.1. The number of amides is 1. The van der Waals surface area contributed by atoms with Crippen LogP contribution in [0.3, 0.4) is 0 Å². The van der Waals surface area contributed by atoms with Crippen LogP contribution in [0.2, 0.25) is 0 Å². The zero-order valence-electron chi connectivity index (χ0n) is 14.2. The second kappa shape index (κ2) is 3.32. The second-order valence-corrected chi connectivity index (χ2v) is 7.97. The highest BCUT2D eigenvalue weighted by atomic mass is 16.2. The number of carbonyl (C=O) groups excluding carboxylic acids is 1. The number of nitriles is 1. The van der Waals surface area contributed by atoms with Gasteiger partial charge in [0.05, 0.1) is 16.6 Å². The van der Waals surface area contributed by atoms with Crippen LogP contribution in [0.4, 0.5) is 0 Å². The van der Waals surface area contributed by atoms with Crippen molar-refractivity contribution in [3.8, 4) is 6.19 Å². The molecule has 0 radical (unpaired) electrons. The minimum atomic E-state index is -0.403. The highest BCUT2D eigenvalue weighted by Gasteiger charge is 2.94. The Labute approximate surface area is 122 Å². The summed E-state index contributed by atoms with van der Waals surface area (Å²) in [5.74, 6) is 0.0478. The Bertz CT molecular complexity index is 532. The summed E-state index contributed by atoms with van der Waals surface area (Å²) in [5.41, 5.74) is -1.19. The number of likely N-dealkylation sites (tertiary alicyclic amines) is 1. The summed E-state index contributed by atoms with van der Waals surface area (Å²) in [7, 11) is 1.87. The molecule has 2 aliphatic rings. The molecule has 3 atom stereocenters. The van der Waals surface area contributed by atoms with Crippen LogP contribution < -0.4 is 0 Å². The van der Waals surface area contributed by atoms with Crippen molar-refractivity contribution in [2.75, 3.05) is 7.05 Å². The summed E-state index contributed by atoms with van der Waals surface area (Å²) < 4.78 is 0. The molecule has 1 saturated carbocycles. The Morgan fingerprint density at radius 3 is 1.85 bits per heavy atom. The lowest BCUT2D eigenvalue weighted by Gasteiger charge is -2.53. The highest BCUT2D eigenvalue weighted by molar-refractivity contribution is 5.75. The van der Waals surface area contributed by atoms with Crippen molar-refractivity contribution in [3.05, 3.63) is 0 Å². The van der Waals surface area contributed by atoms with E-state index in [4.69, 9.17) is 0 Å². The molecule has 1 amide bonds. The van der Waals surface area contributed by atoms with Gasteiger partial charge in [0.25, 0.3) is 0 Å². The predicted octanol–water partition coefficient (Wildman–Crippen LogP) is 2.60. The van der Waals surface area contributed by atoms with Crippen molar-refractivity contribution in [1.29, 1.82) is 5.26 Å². The van der Waals surface area contributed by atoms with E-state index in [0.29, 0.717) is 0 Å². The summed E-state index contributed by atoms with van der Waals surface area (Å²) in [6.45, 7) is 16.7. The molecule has 0 aromatic heterocycles. The third-order valence-corrected chi connectivity index (χ3v) is 7.79. The number of likely N-dealkylation sites (N-methyl/N-ethyl adjacent to an activating group) is 1. The van der Waals surface area contributed by atoms with Gasteiger partial charge in [-0.3, -0.25) is 9.69 Å². The fourth-order valence-electron chi connectivity index (χ4n) is 5.58. The third kappa shape index (κ3) is 0.963. The Morgan fingerprint density at radius 1 is 1.10 bits per heavy atom. The first kappa shape index (κ1) is 15.2. The Morgan fingerprint density at radius 2 is 1.55 bits per heavy atom. The molecule has 0 N–H and O–H groups in total. The Hall–Kier alpha value is -1.24. The van der Waals surface area contributed by atoms with Gasteiger partial charge < -0.3 is 4.90 Å². The Kier molecular flexibility index (Phi) is 2.52. The van der Waals surface area contributed by atoms with Crippen LogP contribution in [0.15, 0.2) is 0 Å². The minimum Gasteiger partial charge on any atom is -0.338 e. The molecule has 4 nitrogen and oxygen atoms in total. The first-order valence-corrected chi connectivity index (χ1v) is 7.24. The molecular formula is C16H27N3O. The topological polar surface area (TPSA) is 47.3 Å². The molecule has 1 saturated heterocycles. The average molecular weight is 277 g/mol. The number of piperidine rings is 1. The fourth-order valence-corrected chi connectivity index (χ4v) is 5.58. The zero-order chi connectivity index (χ0) is 15.9. The zero-order valence-corrected chi connectivity index (χ0v) is 14.2. The Balaban J connectivity index is 2.76. The molecule has 2 rings (SSSR count). The number of hydrogen-bond donors (Lipinski definition) is 0. The van der Waals surface area contributed by atoms with Gasteiger partial charge in [0.1, 0.15) is 0 Å². The standard InChI is InChI=1S/C16H27N3O/c1-11(20)18(9)16(8)13(4,5)19(10-17)15(7)12(2,3)14(15,16)6/h1-9H3/t14-,15+,16+/m1/s1. The molecule has 1 heterocycles. The van der Waals surface area contributed by atoms with Gasteiger partial charge in [-0.15, -0.1) is 0 Å². The van der Waals surface area contributed by atoms with Crippen LogP contribution in [0, 0.1) is 22.3 Å². The SMILES string of the molecule is CC(=O)N(C)[C@@]1(C)C(C)(C)N(C#N)[C@@]2(C)C(C)(C)[C@@]12C. The van der Waals surface area contributed by atoms with E-state index in [1.807, 2.05) is 16.8 Å². The van der Waals surface area contributed by atoms with Crippen molar-refractivity contribution in [1.82, 2.24) is 9.80 Å². The third-order valence-electron chi connectivity index (χ3n) is 7.79. The van der Waals surface area contributed by atoms with Crippen molar-refractivity contribution in [3.63, 3.8) is 0 Å². The van der Waals surface area contributed by atoms with Gasteiger partial charge in [-0.1, -0.05) is 20.8 Å². The number of nitrogens with zero attached hydrogens (tertiary/aromatic N) is 3. The lowest BCUT2D eigenvalue weighted by molar-refractivity contribution is -0.141. The van der Waals surface area contributed by atoms with E-state index < -0.39 is 11.1 Å². The number of carbonyl (C=O) groups is 1. The largest absolute Gasteiger partial charge is 0.338 e. The smallest absolute Gasteiger partial charge is 0.219 e. The predicted molar refractivity (Wildman–Crippen MR) is 78.7 cm³/mol. The summed E-state index contributed by atoms with van der Waals surface area (Å²) in [6, 6.07) is 0. The van der Waals surface area contributed by atoms with E-state index in [2.05, 4.69) is 54.7 Å².